The first-order chi connectivity index (χ1) is 17.8. The maximum Gasteiger partial charge on any atom is 0.416 e. The van der Waals surface area contributed by atoms with Crippen molar-refractivity contribution in [2.24, 2.45) is 0 Å². The van der Waals surface area contributed by atoms with E-state index in [1.165, 1.54) is 43.4 Å². The van der Waals surface area contributed by atoms with E-state index >= 15 is 4.39 Å². The van der Waals surface area contributed by atoms with Gasteiger partial charge in [0, 0.05) is 24.2 Å². The number of rotatable bonds is 11. The monoisotopic (exact) mass is 508 g/mol. The van der Waals surface area contributed by atoms with Crippen molar-refractivity contribution in [2.75, 3.05) is 0 Å². The van der Waals surface area contributed by atoms with E-state index in [1.54, 1.807) is 6.07 Å². The fourth-order valence-corrected chi connectivity index (χ4v) is 4.53. The van der Waals surface area contributed by atoms with Crippen LogP contribution >= 0.6 is 0 Å². The Morgan fingerprint density at radius 1 is 0.676 bits per heavy atom. The lowest BCUT2D eigenvalue weighted by Gasteiger charge is -2.10. The van der Waals surface area contributed by atoms with Crippen molar-refractivity contribution < 1.29 is 17.6 Å². The highest BCUT2D eigenvalue weighted by Crippen LogP contribution is 2.29. The molecule has 0 aliphatic rings. The van der Waals surface area contributed by atoms with Gasteiger partial charge in [-0.05, 0) is 71.9 Å². The molecular weight excluding hydrogens is 476 g/mol. The molecular formula is C31H32F4N2. The van der Waals surface area contributed by atoms with Crippen molar-refractivity contribution >= 4 is 10.8 Å². The molecule has 1 heterocycles. The second kappa shape index (κ2) is 12.3. The van der Waals surface area contributed by atoms with Crippen LogP contribution in [0.1, 0.15) is 66.2 Å². The lowest BCUT2D eigenvalue weighted by atomic mass is 9.98. The lowest BCUT2D eigenvalue weighted by molar-refractivity contribution is -0.137. The maximum atomic E-state index is 15.2. The van der Waals surface area contributed by atoms with Crippen molar-refractivity contribution in [2.45, 2.75) is 70.9 Å². The number of benzene rings is 3. The number of hydrogen-bond acceptors (Lipinski definition) is 2. The molecule has 3 aromatic carbocycles. The standard InChI is InChI=1S/C31H32F4N2/c1-2-3-4-5-6-24-20-36-29(37-21-24)18-11-23-10-17-28-26(19-23)14-13-25(30(28)32)12-7-22-8-15-27(16-9-22)31(33,34)35/h8-10,13-17,19-21H,2-7,11-12,18H2,1H3. The summed E-state index contributed by atoms with van der Waals surface area (Å²) in [5, 5.41) is 1.38. The van der Waals surface area contributed by atoms with E-state index in [9.17, 15) is 13.2 Å². The fraction of sp³-hybridized carbons (Fsp3) is 0.355. The van der Waals surface area contributed by atoms with E-state index in [4.69, 9.17) is 0 Å². The van der Waals surface area contributed by atoms with E-state index < -0.39 is 11.7 Å². The van der Waals surface area contributed by atoms with Crippen LogP contribution in [0.4, 0.5) is 17.6 Å². The Balaban J connectivity index is 1.34. The molecule has 0 atom stereocenters. The third-order valence-electron chi connectivity index (χ3n) is 6.78. The molecule has 2 nitrogen and oxygen atoms in total. The van der Waals surface area contributed by atoms with E-state index in [0.717, 1.165) is 53.7 Å². The number of fused-ring (bicyclic) bond motifs is 1. The fourth-order valence-electron chi connectivity index (χ4n) is 4.53. The Morgan fingerprint density at radius 2 is 1.38 bits per heavy atom. The van der Waals surface area contributed by atoms with Crippen LogP contribution in [0.15, 0.2) is 67.0 Å². The Hall–Kier alpha value is -3.28. The van der Waals surface area contributed by atoms with Crippen LogP contribution in [0.3, 0.4) is 0 Å². The highest BCUT2D eigenvalue weighted by molar-refractivity contribution is 5.84. The van der Waals surface area contributed by atoms with Crippen molar-refractivity contribution in [1.82, 2.24) is 9.97 Å². The molecule has 0 N–H and O–H groups in total. The number of aromatic nitrogens is 2. The van der Waals surface area contributed by atoms with Crippen LogP contribution in [0.2, 0.25) is 0 Å². The van der Waals surface area contributed by atoms with E-state index in [2.05, 4.69) is 16.9 Å². The molecule has 37 heavy (non-hydrogen) atoms. The summed E-state index contributed by atoms with van der Waals surface area (Å²) in [5.74, 6) is 0.538. The zero-order chi connectivity index (χ0) is 26.3. The molecule has 4 rings (SSSR count). The molecule has 0 amide bonds. The summed E-state index contributed by atoms with van der Waals surface area (Å²) in [6.07, 6.45) is 7.78. The van der Waals surface area contributed by atoms with Gasteiger partial charge in [-0.25, -0.2) is 14.4 Å². The van der Waals surface area contributed by atoms with Gasteiger partial charge < -0.3 is 0 Å². The predicted octanol–water partition coefficient (Wildman–Crippen LogP) is 8.48. The highest BCUT2D eigenvalue weighted by Gasteiger charge is 2.29. The Labute approximate surface area is 215 Å². The minimum absolute atomic E-state index is 0.270. The Bertz CT molecular complexity index is 1300. The van der Waals surface area contributed by atoms with Crippen molar-refractivity contribution in [3.63, 3.8) is 0 Å². The molecule has 0 saturated carbocycles. The molecule has 0 saturated heterocycles. The summed E-state index contributed by atoms with van der Waals surface area (Å²) >= 11 is 0. The quantitative estimate of drug-likeness (QED) is 0.150. The Kier molecular flexibility index (Phi) is 8.91. The average Bonchev–Trinajstić information content (AvgIpc) is 2.90. The van der Waals surface area contributed by atoms with E-state index in [0.29, 0.717) is 23.8 Å². The molecule has 1 aromatic heterocycles. The number of hydrogen-bond donors (Lipinski definition) is 0. The maximum absolute atomic E-state index is 15.2. The summed E-state index contributed by atoms with van der Waals surface area (Å²) in [6.45, 7) is 2.21. The summed E-state index contributed by atoms with van der Waals surface area (Å²) in [5.41, 5.74) is 2.90. The van der Waals surface area contributed by atoms with Crippen molar-refractivity contribution in [1.29, 1.82) is 0 Å². The molecule has 4 aromatic rings. The number of alkyl halides is 3. The summed E-state index contributed by atoms with van der Waals surface area (Å²) in [4.78, 5) is 9.03. The average molecular weight is 509 g/mol. The number of unbranched alkanes of at least 4 members (excludes halogenated alkanes) is 3. The first kappa shape index (κ1) is 26.8. The first-order valence-electron chi connectivity index (χ1n) is 13.0. The molecule has 0 aliphatic carbocycles. The molecule has 194 valence electrons. The largest absolute Gasteiger partial charge is 0.416 e. The predicted molar refractivity (Wildman–Crippen MR) is 140 cm³/mol. The van der Waals surface area contributed by atoms with Gasteiger partial charge in [-0.15, -0.1) is 0 Å². The third-order valence-corrected chi connectivity index (χ3v) is 6.78. The smallest absolute Gasteiger partial charge is 0.241 e. The second-order valence-corrected chi connectivity index (χ2v) is 9.61. The van der Waals surface area contributed by atoms with Crippen molar-refractivity contribution in [3.05, 3.63) is 106 Å². The van der Waals surface area contributed by atoms with Gasteiger partial charge in [0.1, 0.15) is 11.6 Å². The number of halogens is 4. The topological polar surface area (TPSA) is 25.8 Å². The molecule has 0 radical (unpaired) electrons. The zero-order valence-corrected chi connectivity index (χ0v) is 21.1. The van der Waals surface area contributed by atoms with Crippen LogP contribution in [0.25, 0.3) is 10.8 Å². The molecule has 0 bridgehead atoms. The summed E-state index contributed by atoms with van der Waals surface area (Å²) in [7, 11) is 0. The van der Waals surface area contributed by atoms with Crippen molar-refractivity contribution in [3.8, 4) is 0 Å². The van der Waals surface area contributed by atoms with Crippen LogP contribution in [-0.2, 0) is 38.3 Å². The first-order valence-corrected chi connectivity index (χ1v) is 13.0. The van der Waals surface area contributed by atoms with Gasteiger partial charge >= 0.3 is 6.18 Å². The SMILES string of the molecule is CCCCCCc1cnc(CCc2ccc3c(F)c(CCc4ccc(C(F)(F)F)cc4)ccc3c2)nc1. The van der Waals surface area contributed by atoms with E-state index in [1.807, 2.05) is 36.7 Å². The van der Waals surface area contributed by atoms with Gasteiger partial charge in [0.15, 0.2) is 0 Å². The van der Waals surface area contributed by atoms with Crippen LogP contribution in [0.5, 0.6) is 0 Å². The highest BCUT2D eigenvalue weighted by atomic mass is 19.4. The second-order valence-electron chi connectivity index (χ2n) is 9.61. The lowest BCUT2D eigenvalue weighted by Crippen LogP contribution is -2.04. The molecule has 0 spiro atoms. The summed E-state index contributed by atoms with van der Waals surface area (Å²) in [6, 6.07) is 14.5. The molecule has 0 aliphatic heterocycles. The Morgan fingerprint density at radius 3 is 2.08 bits per heavy atom. The van der Waals surface area contributed by atoms with Crippen LogP contribution < -0.4 is 0 Å². The number of nitrogens with zero attached hydrogens (tertiary/aromatic N) is 2. The van der Waals surface area contributed by atoms with Crippen LogP contribution in [0, 0.1) is 5.82 Å². The van der Waals surface area contributed by atoms with Gasteiger partial charge in [-0.2, -0.15) is 13.2 Å². The van der Waals surface area contributed by atoms with E-state index in [-0.39, 0.29) is 5.82 Å². The zero-order valence-electron chi connectivity index (χ0n) is 21.1. The van der Waals surface area contributed by atoms with Gasteiger partial charge in [0.2, 0.25) is 0 Å². The van der Waals surface area contributed by atoms with Gasteiger partial charge in [-0.3, -0.25) is 0 Å². The molecule has 0 unspecified atom stereocenters. The summed E-state index contributed by atoms with van der Waals surface area (Å²) < 4.78 is 53.4. The van der Waals surface area contributed by atoms with Gasteiger partial charge in [-0.1, -0.05) is 68.7 Å². The molecule has 0 fully saturated rings. The van der Waals surface area contributed by atoms with Crippen LogP contribution in [-0.4, -0.2) is 9.97 Å². The van der Waals surface area contributed by atoms with Gasteiger partial charge in [0.05, 0.1) is 5.56 Å². The minimum atomic E-state index is -4.35. The van der Waals surface area contributed by atoms with Gasteiger partial charge in [0.25, 0.3) is 0 Å². The normalized spacial score (nSPS) is 11.8. The third kappa shape index (κ3) is 7.37. The minimum Gasteiger partial charge on any atom is -0.241 e. The number of aryl methyl sites for hydroxylation is 5. The molecule has 6 heteroatoms.